The molecule has 4 nitrogen and oxygen atoms in total. The van der Waals surface area contributed by atoms with E-state index in [1.165, 1.54) is 27.6 Å². The number of hydrazone groups is 1. The summed E-state index contributed by atoms with van der Waals surface area (Å²) in [5.74, 6) is 1.04. The molecule has 3 aromatic carbocycles. The maximum absolute atomic E-state index is 6.71. The van der Waals surface area contributed by atoms with E-state index in [9.17, 15) is 0 Å². The zero-order valence-electron chi connectivity index (χ0n) is 17.4. The van der Waals surface area contributed by atoms with Gasteiger partial charge in [0.25, 0.3) is 0 Å². The molecule has 30 heavy (non-hydrogen) atoms. The minimum Gasteiger partial charge on any atom is -0.466 e. The highest BCUT2D eigenvalue weighted by molar-refractivity contribution is 6.04. The summed E-state index contributed by atoms with van der Waals surface area (Å²) in [6, 6.07) is 24.1. The monoisotopic (exact) mass is 397 g/mol. The lowest BCUT2D eigenvalue weighted by molar-refractivity contribution is -0.149. The number of ether oxygens (including phenoxy) is 1. The van der Waals surface area contributed by atoms with Gasteiger partial charge >= 0.3 is 0 Å². The summed E-state index contributed by atoms with van der Waals surface area (Å²) in [7, 11) is 0. The van der Waals surface area contributed by atoms with Crippen LogP contribution >= 0.6 is 0 Å². The van der Waals surface area contributed by atoms with Crippen molar-refractivity contribution in [3.63, 3.8) is 0 Å². The summed E-state index contributed by atoms with van der Waals surface area (Å²) < 4.78 is 6.71. The van der Waals surface area contributed by atoms with Crippen LogP contribution in [0, 0.1) is 0 Å². The SMILES string of the molecule is CCN1CCC2(CC1)Oc1ccccc1[C@H]1CC(c3ccc4ccccc4c3)=NN12. The van der Waals surface area contributed by atoms with Crippen LogP contribution in [0.15, 0.2) is 71.8 Å². The molecule has 6 rings (SSSR count). The fourth-order valence-electron chi connectivity index (χ4n) is 5.32. The van der Waals surface area contributed by atoms with Crippen LogP contribution in [0.3, 0.4) is 0 Å². The third kappa shape index (κ3) is 2.74. The summed E-state index contributed by atoms with van der Waals surface area (Å²) in [5, 5.41) is 10.1. The van der Waals surface area contributed by atoms with Crippen LogP contribution < -0.4 is 4.74 Å². The summed E-state index contributed by atoms with van der Waals surface area (Å²) in [4.78, 5) is 2.51. The predicted molar refractivity (Wildman–Crippen MR) is 121 cm³/mol. The molecule has 3 heterocycles. The van der Waals surface area contributed by atoms with Gasteiger partial charge in [-0.2, -0.15) is 5.10 Å². The van der Waals surface area contributed by atoms with Gasteiger partial charge in [-0.05, 0) is 35.0 Å². The molecule has 152 valence electrons. The van der Waals surface area contributed by atoms with Crippen molar-refractivity contribution in [2.75, 3.05) is 19.6 Å². The van der Waals surface area contributed by atoms with Crippen molar-refractivity contribution in [3.05, 3.63) is 77.9 Å². The maximum atomic E-state index is 6.71. The minimum absolute atomic E-state index is 0.254. The number of hydrogen-bond acceptors (Lipinski definition) is 4. The predicted octanol–water partition coefficient (Wildman–Crippen LogP) is 5.20. The molecule has 0 aliphatic carbocycles. The minimum atomic E-state index is -0.330. The van der Waals surface area contributed by atoms with E-state index in [4.69, 9.17) is 9.84 Å². The molecule has 1 fully saturated rings. The van der Waals surface area contributed by atoms with Crippen LogP contribution in [-0.4, -0.2) is 41.0 Å². The second kappa shape index (κ2) is 6.85. The number of piperidine rings is 1. The molecule has 0 amide bonds. The van der Waals surface area contributed by atoms with Crippen LogP contribution in [0.2, 0.25) is 0 Å². The van der Waals surface area contributed by atoms with E-state index in [-0.39, 0.29) is 11.8 Å². The van der Waals surface area contributed by atoms with Gasteiger partial charge < -0.3 is 9.64 Å². The highest BCUT2D eigenvalue weighted by Crippen LogP contribution is 2.49. The second-order valence-electron chi connectivity index (χ2n) is 8.69. The summed E-state index contributed by atoms with van der Waals surface area (Å²) in [5.41, 5.74) is 3.33. The molecule has 0 N–H and O–H groups in total. The zero-order chi connectivity index (χ0) is 20.1. The van der Waals surface area contributed by atoms with Gasteiger partial charge in [0.15, 0.2) is 0 Å². The Morgan fingerprint density at radius 1 is 0.967 bits per heavy atom. The Morgan fingerprint density at radius 3 is 2.57 bits per heavy atom. The first kappa shape index (κ1) is 18.0. The molecule has 3 aliphatic heterocycles. The Kier molecular flexibility index (Phi) is 4.10. The lowest BCUT2D eigenvalue weighted by Crippen LogP contribution is -2.59. The normalized spacial score (nSPS) is 22.5. The van der Waals surface area contributed by atoms with E-state index in [2.05, 4.69) is 83.6 Å². The van der Waals surface area contributed by atoms with Crippen molar-refractivity contribution in [1.82, 2.24) is 9.91 Å². The molecular weight excluding hydrogens is 370 g/mol. The zero-order valence-corrected chi connectivity index (χ0v) is 17.4. The molecule has 3 aliphatic rings. The van der Waals surface area contributed by atoms with Gasteiger partial charge in [0.1, 0.15) is 5.75 Å². The number of hydrogen-bond donors (Lipinski definition) is 0. The largest absolute Gasteiger partial charge is 0.466 e. The third-order valence-corrected chi connectivity index (χ3v) is 7.07. The second-order valence-corrected chi connectivity index (χ2v) is 8.69. The molecule has 3 aromatic rings. The number of nitrogens with zero attached hydrogens (tertiary/aromatic N) is 3. The standard InChI is InChI=1S/C26H27N3O/c1-2-28-15-13-26(14-16-28)29-24(22-9-5-6-10-25(22)30-26)18-23(27-29)21-12-11-19-7-3-4-8-20(19)17-21/h3-12,17,24H,2,13-16,18H2,1H3/t24-/m1/s1. The van der Waals surface area contributed by atoms with Crippen molar-refractivity contribution < 1.29 is 4.74 Å². The van der Waals surface area contributed by atoms with E-state index >= 15 is 0 Å². The quantitative estimate of drug-likeness (QED) is 0.595. The molecule has 4 heteroatoms. The molecule has 1 atom stereocenters. The molecule has 1 saturated heterocycles. The molecule has 0 unspecified atom stereocenters. The van der Waals surface area contributed by atoms with Gasteiger partial charge in [-0.3, -0.25) is 0 Å². The number of benzene rings is 3. The average molecular weight is 398 g/mol. The van der Waals surface area contributed by atoms with Gasteiger partial charge in [0.05, 0.1) is 11.8 Å². The molecule has 0 radical (unpaired) electrons. The van der Waals surface area contributed by atoms with Crippen LogP contribution in [0.4, 0.5) is 0 Å². The van der Waals surface area contributed by atoms with Gasteiger partial charge in [0.2, 0.25) is 5.72 Å². The van der Waals surface area contributed by atoms with Crippen molar-refractivity contribution in [1.29, 1.82) is 0 Å². The van der Waals surface area contributed by atoms with E-state index in [0.717, 1.165) is 44.6 Å². The Bertz CT molecular complexity index is 1130. The van der Waals surface area contributed by atoms with Crippen molar-refractivity contribution >= 4 is 16.5 Å². The first-order valence-electron chi connectivity index (χ1n) is 11.1. The Morgan fingerprint density at radius 2 is 1.73 bits per heavy atom. The van der Waals surface area contributed by atoms with Gasteiger partial charge in [-0.15, -0.1) is 0 Å². The molecule has 0 saturated carbocycles. The average Bonchev–Trinajstić information content (AvgIpc) is 3.26. The topological polar surface area (TPSA) is 28.1 Å². The maximum Gasteiger partial charge on any atom is 0.200 e. The lowest BCUT2D eigenvalue weighted by Gasteiger charge is -2.51. The van der Waals surface area contributed by atoms with Gasteiger partial charge in [-0.1, -0.05) is 61.5 Å². The Labute approximate surface area is 177 Å². The summed E-state index contributed by atoms with van der Waals surface area (Å²) in [6.07, 6.45) is 2.90. The molecule has 0 bridgehead atoms. The van der Waals surface area contributed by atoms with Crippen molar-refractivity contribution in [2.45, 2.75) is 38.0 Å². The van der Waals surface area contributed by atoms with E-state index in [1.807, 2.05) is 0 Å². The highest BCUT2D eigenvalue weighted by Gasteiger charge is 2.51. The Hall–Kier alpha value is -2.85. The third-order valence-electron chi connectivity index (χ3n) is 7.07. The van der Waals surface area contributed by atoms with Crippen LogP contribution in [0.5, 0.6) is 5.75 Å². The molecule has 1 spiro atoms. The fraction of sp³-hybridized carbons (Fsp3) is 0.346. The first-order chi connectivity index (χ1) is 14.8. The first-order valence-corrected chi connectivity index (χ1v) is 11.1. The van der Waals surface area contributed by atoms with Crippen LogP contribution in [0.25, 0.3) is 10.8 Å². The van der Waals surface area contributed by atoms with Crippen LogP contribution in [-0.2, 0) is 0 Å². The van der Waals surface area contributed by atoms with Gasteiger partial charge in [-0.25, -0.2) is 5.01 Å². The molecule has 0 aromatic heterocycles. The van der Waals surface area contributed by atoms with Crippen molar-refractivity contribution in [2.24, 2.45) is 5.10 Å². The molecular formula is C26H27N3O. The smallest absolute Gasteiger partial charge is 0.200 e. The summed E-state index contributed by atoms with van der Waals surface area (Å²) >= 11 is 0. The highest BCUT2D eigenvalue weighted by atomic mass is 16.5. The van der Waals surface area contributed by atoms with E-state index < -0.39 is 0 Å². The fourth-order valence-corrected chi connectivity index (χ4v) is 5.32. The number of rotatable bonds is 2. The Balaban J connectivity index is 1.41. The summed E-state index contributed by atoms with van der Waals surface area (Å²) in [6.45, 7) is 5.46. The van der Waals surface area contributed by atoms with Crippen LogP contribution in [0.1, 0.15) is 43.4 Å². The van der Waals surface area contributed by atoms with Crippen molar-refractivity contribution in [3.8, 4) is 5.75 Å². The van der Waals surface area contributed by atoms with E-state index in [1.54, 1.807) is 0 Å². The number of likely N-dealkylation sites (tertiary alicyclic amines) is 1. The lowest BCUT2D eigenvalue weighted by atomic mass is 9.90. The van der Waals surface area contributed by atoms with Gasteiger partial charge in [0, 0.05) is 37.9 Å². The number of fused-ring (bicyclic) bond motifs is 5. The number of para-hydroxylation sites is 1. The van der Waals surface area contributed by atoms with E-state index in [0.29, 0.717) is 0 Å².